The zero-order valence-electron chi connectivity index (χ0n) is 14.3. The molecule has 24 heavy (non-hydrogen) atoms. The van der Waals surface area contributed by atoms with Gasteiger partial charge in [-0.05, 0) is 45.0 Å². The number of hydrogen-bond donors (Lipinski definition) is 0. The number of carbonyl (C=O) groups excluding carboxylic acids is 1. The molecule has 1 atom stereocenters. The lowest BCUT2D eigenvalue weighted by molar-refractivity contribution is -0.138. The molecule has 2 heterocycles. The number of aromatic nitrogens is 2. The Morgan fingerprint density at radius 1 is 1.33 bits per heavy atom. The van der Waals surface area contributed by atoms with Crippen molar-refractivity contribution in [2.45, 2.75) is 33.2 Å². The summed E-state index contributed by atoms with van der Waals surface area (Å²) in [7, 11) is 0. The van der Waals surface area contributed by atoms with E-state index in [4.69, 9.17) is 4.74 Å². The van der Waals surface area contributed by atoms with Crippen LogP contribution in [0.4, 0.5) is 4.39 Å². The molecule has 6 heteroatoms. The van der Waals surface area contributed by atoms with Crippen molar-refractivity contribution >= 4 is 5.91 Å². The Balaban J connectivity index is 1.84. The van der Waals surface area contributed by atoms with Crippen LogP contribution < -0.4 is 0 Å². The Labute approximate surface area is 141 Å². The molecule has 0 unspecified atom stereocenters. The highest BCUT2D eigenvalue weighted by Crippen LogP contribution is 2.20. The number of halogens is 1. The van der Waals surface area contributed by atoms with Crippen LogP contribution >= 0.6 is 0 Å². The summed E-state index contributed by atoms with van der Waals surface area (Å²) in [5.41, 5.74) is 3.46. The Bertz CT molecular complexity index is 739. The van der Waals surface area contributed by atoms with Gasteiger partial charge in [0.15, 0.2) is 0 Å². The van der Waals surface area contributed by atoms with Gasteiger partial charge in [-0.25, -0.2) is 9.07 Å². The molecule has 128 valence electrons. The van der Waals surface area contributed by atoms with Crippen LogP contribution in [0.25, 0.3) is 5.69 Å². The molecular weight excluding hydrogens is 309 g/mol. The van der Waals surface area contributed by atoms with E-state index < -0.39 is 0 Å². The molecule has 3 rings (SSSR count). The standard InChI is InChI=1S/C18H22FN3O2/c1-12-11-24-9-8-21(12)18(23)10-17-13(2)20-22(14(17)3)16-6-4-15(19)5-7-16/h4-7,12H,8-11H2,1-3H3/t12-/m1/s1. The van der Waals surface area contributed by atoms with E-state index in [0.717, 1.165) is 22.6 Å². The van der Waals surface area contributed by atoms with Gasteiger partial charge in [0.2, 0.25) is 5.91 Å². The summed E-state index contributed by atoms with van der Waals surface area (Å²) in [4.78, 5) is 14.5. The van der Waals surface area contributed by atoms with E-state index in [-0.39, 0.29) is 17.8 Å². The van der Waals surface area contributed by atoms with Crippen LogP contribution in [0, 0.1) is 19.7 Å². The lowest BCUT2D eigenvalue weighted by atomic mass is 10.1. The monoisotopic (exact) mass is 331 g/mol. The van der Waals surface area contributed by atoms with E-state index in [1.54, 1.807) is 16.8 Å². The Hall–Kier alpha value is -2.21. The fourth-order valence-corrected chi connectivity index (χ4v) is 3.11. The molecule has 0 bridgehead atoms. The summed E-state index contributed by atoms with van der Waals surface area (Å²) in [6.45, 7) is 7.64. The third kappa shape index (κ3) is 3.19. The van der Waals surface area contributed by atoms with Crippen LogP contribution in [-0.4, -0.2) is 46.4 Å². The third-order valence-electron chi connectivity index (χ3n) is 4.53. The van der Waals surface area contributed by atoms with Gasteiger partial charge in [0, 0.05) is 17.8 Å². The quantitative estimate of drug-likeness (QED) is 0.868. The van der Waals surface area contributed by atoms with Gasteiger partial charge < -0.3 is 9.64 Å². The molecular formula is C18H22FN3O2. The summed E-state index contributed by atoms with van der Waals surface area (Å²) in [5, 5.41) is 4.53. The van der Waals surface area contributed by atoms with Crippen LogP contribution in [0.3, 0.4) is 0 Å². The minimum atomic E-state index is -0.281. The Morgan fingerprint density at radius 2 is 2.04 bits per heavy atom. The second-order valence-corrected chi connectivity index (χ2v) is 6.23. The molecule has 0 N–H and O–H groups in total. The summed E-state index contributed by atoms with van der Waals surface area (Å²) in [5.74, 6) is -0.187. The van der Waals surface area contributed by atoms with E-state index in [1.807, 2.05) is 25.7 Å². The average Bonchev–Trinajstić information content (AvgIpc) is 2.84. The van der Waals surface area contributed by atoms with Gasteiger partial charge in [0.25, 0.3) is 0 Å². The van der Waals surface area contributed by atoms with Gasteiger partial charge in [0.1, 0.15) is 5.82 Å². The number of ether oxygens (including phenoxy) is 1. The molecule has 1 aliphatic heterocycles. The number of hydrogen-bond acceptors (Lipinski definition) is 3. The molecule has 0 aliphatic carbocycles. The highest BCUT2D eigenvalue weighted by Gasteiger charge is 2.25. The van der Waals surface area contributed by atoms with E-state index in [9.17, 15) is 9.18 Å². The van der Waals surface area contributed by atoms with Crippen molar-refractivity contribution in [3.63, 3.8) is 0 Å². The number of benzene rings is 1. The number of rotatable bonds is 3. The molecule has 1 amide bonds. The number of amides is 1. The minimum Gasteiger partial charge on any atom is -0.377 e. The first kappa shape index (κ1) is 16.6. The molecule has 2 aromatic rings. The maximum Gasteiger partial charge on any atom is 0.227 e. The Morgan fingerprint density at radius 3 is 2.71 bits per heavy atom. The zero-order chi connectivity index (χ0) is 17.3. The Kier molecular flexibility index (Phi) is 4.66. The van der Waals surface area contributed by atoms with Crippen molar-refractivity contribution in [1.82, 2.24) is 14.7 Å². The molecule has 1 aromatic carbocycles. The van der Waals surface area contributed by atoms with Crippen molar-refractivity contribution in [2.75, 3.05) is 19.8 Å². The SMILES string of the molecule is Cc1nn(-c2ccc(F)cc2)c(C)c1CC(=O)N1CCOC[C@H]1C. The van der Waals surface area contributed by atoms with Crippen molar-refractivity contribution in [2.24, 2.45) is 0 Å². The van der Waals surface area contributed by atoms with Crippen LogP contribution in [0.15, 0.2) is 24.3 Å². The van der Waals surface area contributed by atoms with Crippen molar-refractivity contribution < 1.29 is 13.9 Å². The van der Waals surface area contributed by atoms with Crippen LogP contribution in [0.1, 0.15) is 23.9 Å². The summed E-state index contributed by atoms with van der Waals surface area (Å²) in [6, 6.07) is 6.28. The van der Waals surface area contributed by atoms with E-state index in [1.165, 1.54) is 12.1 Å². The number of carbonyl (C=O) groups is 1. The summed E-state index contributed by atoms with van der Waals surface area (Å²) >= 11 is 0. The molecule has 1 saturated heterocycles. The molecule has 1 aliphatic rings. The minimum absolute atomic E-state index is 0.0932. The van der Waals surface area contributed by atoms with Crippen LogP contribution in [0.5, 0.6) is 0 Å². The lowest BCUT2D eigenvalue weighted by Crippen LogP contribution is -2.47. The fraction of sp³-hybridized carbons (Fsp3) is 0.444. The molecule has 0 saturated carbocycles. The van der Waals surface area contributed by atoms with Crippen LogP contribution in [0.2, 0.25) is 0 Å². The normalized spacial score (nSPS) is 18.0. The summed E-state index contributed by atoms with van der Waals surface area (Å²) < 4.78 is 20.3. The smallest absolute Gasteiger partial charge is 0.227 e. The van der Waals surface area contributed by atoms with Gasteiger partial charge >= 0.3 is 0 Å². The predicted molar refractivity (Wildman–Crippen MR) is 88.7 cm³/mol. The van der Waals surface area contributed by atoms with Crippen molar-refractivity contribution in [3.05, 3.63) is 47.0 Å². The van der Waals surface area contributed by atoms with E-state index in [2.05, 4.69) is 5.10 Å². The second-order valence-electron chi connectivity index (χ2n) is 6.23. The molecule has 5 nitrogen and oxygen atoms in total. The third-order valence-corrected chi connectivity index (χ3v) is 4.53. The molecule has 1 aromatic heterocycles. The number of nitrogens with zero attached hydrogens (tertiary/aromatic N) is 3. The topological polar surface area (TPSA) is 47.4 Å². The van der Waals surface area contributed by atoms with Gasteiger partial charge in [0.05, 0.1) is 37.1 Å². The van der Waals surface area contributed by atoms with Gasteiger partial charge in [-0.1, -0.05) is 0 Å². The van der Waals surface area contributed by atoms with Crippen molar-refractivity contribution in [1.29, 1.82) is 0 Å². The first-order valence-corrected chi connectivity index (χ1v) is 8.15. The second kappa shape index (κ2) is 6.73. The fourth-order valence-electron chi connectivity index (χ4n) is 3.11. The zero-order valence-corrected chi connectivity index (χ0v) is 14.3. The van der Waals surface area contributed by atoms with Gasteiger partial charge in [-0.3, -0.25) is 4.79 Å². The van der Waals surface area contributed by atoms with Crippen molar-refractivity contribution in [3.8, 4) is 5.69 Å². The van der Waals surface area contributed by atoms with E-state index in [0.29, 0.717) is 26.2 Å². The largest absolute Gasteiger partial charge is 0.377 e. The molecule has 0 radical (unpaired) electrons. The van der Waals surface area contributed by atoms with Gasteiger partial charge in [-0.15, -0.1) is 0 Å². The number of morpholine rings is 1. The maximum atomic E-state index is 13.1. The first-order valence-electron chi connectivity index (χ1n) is 8.15. The first-order chi connectivity index (χ1) is 11.5. The predicted octanol–water partition coefficient (Wildman–Crippen LogP) is 2.42. The van der Waals surface area contributed by atoms with E-state index >= 15 is 0 Å². The summed E-state index contributed by atoms with van der Waals surface area (Å²) in [6.07, 6.45) is 0.323. The lowest BCUT2D eigenvalue weighted by Gasteiger charge is -2.33. The highest BCUT2D eigenvalue weighted by molar-refractivity contribution is 5.79. The number of aryl methyl sites for hydroxylation is 1. The van der Waals surface area contributed by atoms with Gasteiger partial charge in [-0.2, -0.15) is 5.10 Å². The average molecular weight is 331 g/mol. The molecule has 1 fully saturated rings. The van der Waals surface area contributed by atoms with Crippen LogP contribution in [-0.2, 0) is 16.0 Å². The maximum absolute atomic E-state index is 13.1. The molecule has 0 spiro atoms. The highest BCUT2D eigenvalue weighted by atomic mass is 19.1.